The highest BCUT2D eigenvalue weighted by Crippen LogP contribution is 2.17. The van der Waals surface area contributed by atoms with Gasteiger partial charge in [-0.1, -0.05) is 0 Å². The fourth-order valence-electron chi connectivity index (χ4n) is 2.58. The lowest BCUT2D eigenvalue weighted by atomic mass is 10.2. The number of rotatable bonds is 2. The summed E-state index contributed by atoms with van der Waals surface area (Å²) in [5.41, 5.74) is 0.734. The second-order valence-electron chi connectivity index (χ2n) is 5.17. The van der Waals surface area contributed by atoms with Crippen LogP contribution in [0.2, 0.25) is 0 Å². The van der Waals surface area contributed by atoms with Crippen molar-refractivity contribution in [3.8, 4) is 0 Å². The van der Waals surface area contributed by atoms with Crippen molar-refractivity contribution in [2.75, 3.05) is 31.1 Å². The Hall–Kier alpha value is -2.63. The Morgan fingerprint density at radius 3 is 2.36 bits per heavy atom. The molecule has 1 saturated heterocycles. The number of nitrogens with one attached hydrogen (secondary N) is 1. The van der Waals surface area contributed by atoms with E-state index >= 15 is 0 Å². The maximum atomic E-state index is 12.9. The van der Waals surface area contributed by atoms with E-state index in [9.17, 15) is 14.0 Å². The summed E-state index contributed by atoms with van der Waals surface area (Å²) in [4.78, 5) is 30.3. The Kier molecular flexibility index (Phi) is 3.91. The van der Waals surface area contributed by atoms with Gasteiger partial charge in [-0.15, -0.1) is 0 Å². The molecule has 22 heavy (non-hydrogen) atoms. The monoisotopic (exact) mass is 301 g/mol. The van der Waals surface area contributed by atoms with Crippen molar-refractivity contribution in [2.45, 2.75) is 0 Å². The first kappa shape index (κ1) is 14.3. The van der Waals surface area contributed by atoms with Crippen LogP contribution in [0, 0.1) is 5.82 Å². The largest absolute Gasteiger partial charge is 0.368 e. The molecule has 0 atom stereocenters. The van der Waals surface area contributed by atoms with Crippen LogP contribution in [0.5, 0.6) is 0 Å². The summed E-state index contributed by atoms with van der Waals surface area (Å²) in [6.45, 7) is 2.37. The van der Waals surface area contributed by atoms with Gasteiger partial charge in [0.1, 0.15) is 11.4 Å². The Labute approximate surface area is 127 Å². The van der Waals surface area contributed by atoms with Gasteiger partial charge in [-0.2, -0.15) is 0 Å². The van der Waals surface area contributed by atoms with Crippen LogP contribution in [-0.2, 0) is 0 Å². The van der Waals surface area contributed by atoms with Gasteiger partial charge in [0.25, 0.3) is 11.5 Å². The number of carbonyl (C=O) groups excluding carboxylic acids is 1. The number of aromatic amines is 1. The SMILES string of the molecule is O=C(c1ccc[nH]c1=O)N1CCN(c2ccc(F)cc2)CC1. The fraction of sp³-hybridized carbons (Fsp3) is 0.250. The molecule has 0 saturated carbocycles. The van der Waals surface area contributed by atoms with E-state index in [4.69, 9.17) is 0 Å². The van der Waals surface area contributed by atoms with Gasteiger partial charge in [-0.25, -0.2) is 4.39 Å². The maximum absolute atomic E-state index is 12.9. The Balaban J connectivity index is 1.67. The molecule has 1 amide bonds. The molecular weight excluding hydrogens is 285 g/mol. The van der Waals surface area contributed by atoms with Gasteiger partial charge >= 0.3 is 0 Å². The van der Waals surface area contributed by atoms with E-state index in [0.717, 1.165) is 5.69 Å². The molecule has 1 N–H and O–H groups in total. The first-order valence-corrected chi connectivity index (χ1v) is 7.12. The van der Waals surface area contributed by atoms with Crippen molar-refractivity contribution < 1.29 is 9.18 Å². The molecule has 0 bridgehead atoms. The average molecular weight is 301 g/mol. The Bertz CT molecular complexity index is 719. The first-order valence-electron chi connectivity index (χ1n) is 7.12. The molecule has 6 heteroatoms. The quantitative estimate of drug-likeness (QED) is 0.914. The zero-order valence-electron chi connectivity index (χ0n) is 12.0. The van der Waals surface area contributed by atoms with Crippen LogP contribution in [-0.4, -0.2) is 42.0 Å². The third-order valence-electron chi connectivity index (χ3n) is 3.81. The predicted octanol–water partition coefficient (Wildman–Crippen LogP) is 1.48. The van der Waals surface area contributed by atoms with Crippen molar-refractivity contribution >= 4 is 11.6 Å². The van der Waals surface area contributed by atoms with Gasteiger partial charge in [0, 0.05) is 38.1 Å². The number of hydrogen-bond donors (Lipinski definition) is 1. The third kappa shape index (κ3) is 2.86. The van der Waals surface area contributed by atoms with E-state index in [0.29, 0.717) is 26.2 Å². The lowest BCUT2D eigenvalue weighted by Crippen LogP contribution is -2.49. The number of aromatic nitrogens is 1. The highest BCUT2D eigenvalue weighted by atomic mass is 19.1. The van der Waals surface area contributed by atoms with Crippen LogP contribution in [0.15, 0.2) is 47.4 Å². The van der Waals surface area contributed by atoms with Crippen LogP contribution in [0.4, 0.5) is 10.1 Å². The summed E-state index contributed by atoms with van der Waals surface area (Å²) >= 11 is 0. The number of amides is 1. The number of H-pyrrole nitrogens is 1. The van der Waals surface area contributed by atoms with Crippen LogP contribution in [0.25, 0.3) is 0 Å². The average Bonchev–Trinajstić information content (AvgIpc) is 2.56. The van der Waals surface area contributed by atoms with E-state index in [2.05, 4.69) is 9.88 Å². The molecule has 114 valence electrons. The molecule has 5 nitrogen and oxygen atoms in total. The lowest BCUT2D eigenvalue weighted by molar-refractivity contribution is 0.0745. The second-order valence-corrected chi connectivity index (χ2v) is 5.17. The minimum Gasteiger partial charge on any atom is -0.368 e. The summed E-state index contributed by atoms with van der Waals surface area (Å²) in [5.74, 6) is -0.513. The zero-order chi connectivity index (χ0) is 15.5. The second kappa shape index (κ2) is 6.01. The molecule has 0 unspecified atom stereocenters. The van der Waals surface area contributed by atoms with Gasteiger partial charge < -0.3 is 14.8 Å². The Morgan fingerprint density at radius 2 is 1.73 bits per heavy atom. The molecule has 1 aromatic heterocycles. The molecule has 0 aliphatic carbocycles. The number of benzene rings is 1. The van der Waals surface area contributed by atoms with Crippen molar-refractivity contribution in [2.24, 2.45) is 0 Å². The predicted molar refractivity (Wildman–Crippen MR) is 81.6 cm³/mol. The minimum atomic E-state index is -0.367. The number of pyridine rings is 1. The molecule has 0 spiro atoms. The molecular formula is C16H16FN3O2. The Morgan fingerprint density at radius 1 is 1.05 bits per heavy atom. The standard InChI is InChI=1S/C16H16FN3O2/c17-12-3-5-13(6-4-12)19-8-10-20(11-9-19)16(22)14-2-1-7-18-15(14)21/h1-7H,8-11H2,(H,18,21). The van der Waals surface area contributed by atoms with Crippen molar-refractivity contribution in [3.05, 3.63) is 64.3 Å². The summed E-state index contributed by atoms with van der Waals surface area (Å²) in [7, 11) is 0. The van der Waals surface area contributed by atoms with Crippen molar-refractivity contribution in [1.29, 1.82) is 0 Å². The fourth-order valence-corrected chi connectivity index (χ4v) is 2.58. The highest BCUT2D eigenvalue weighted by Gasteiger charge is 2.23. The van der Waals surface area contributed by atoms with Gasteiger partial charge in [-0.05, 0) is 36.4 Å². The van der Waals surface area contributed by atoms with Crippen LogP contribution < -0.4 is 10.5 Å². The number of anilines is 1. The van der Waals surface area contributed by atoms with Crippen LogP contribution in [0.1, 0.15) is 10.4 Å². The number of piperazine rings is 1. The van der Waals surface area contributed by atoms with Gasteiger partial charge in [0.15, 0.2) is 0 Å². The summed E-state index contributed by atoms with van der Waals surface area (Å²) in [6.07, 6.45) is 1.51. The summed E-state index contributed by atoms with van der Waals surface area (Å²) in [6, 6.07) is 9.49. The third-order valence-corrected chi connectivity index (χ3v) is 3.81. The summed E-state index contributed by atoms with van der Waals surface area (Å²) < 4.78 is 12.9. The molecule has 3 rings (SSSR count). The van der Waals surface area contributed by atoms with Crippen molar-refractivity contribution in [1.82, 2.24) is 9.88 Å². The topological polar surface area (TPSA) is 56.4 Å². The van der Waals surface area contributed by atoms with E-state index < -0.39 is 0 Å². The summed E-state index contributed by atoms with van der Waals surface area (Å²) in [5, 5.41) is 0. The molecule has 0 radical (unpaired) electrons. The normalized spacial score (nSPS) is 15.0. The molecule has 2 aromatic rings. The van der Waals surface area contributed by atoms with Crippen molar-refractivity contribution in [3.63, 3.8) is 0 Å². The molecule has 1 aromatic carbocycles. The van der Waals surface area contributed by atoms with Gasteiger partial charge in [-0.3, -0.25) is 9.59 Å². The molecule has 1 aliphatic rings. The number of nitrogens with zero attached hydrogens (tertiary/aromatic N) is 2. The van der Waals surface area contributed by atoms with E-state index in [-0.39, 0.29) is 22.8 Å². The number of halogens is 1. The molecule has 1 fully saturated rings. The smallest absolute Gasteiger partial charge is 0.260 e. The van der Waals surface area contributed by atoms with Gasteiger partial charge in [0.05, 0.1) is 0 Å². The zero-order valence-corrected chi connectivity index (χ0v) is 12.0. The van der Waals surface area contributed by atoms with Crippen LogP contribution in [0.3, 0.4) is 0 Å². The molecule has 2 heterocycles. The van der Waals surface area contributed by atoms with Gasteiger partial charge in [0.2, 0.25) is 0 Å². The lowest BCUT2D eigenvalue weighted by Gasteiger charge is -2.36. The van der Waals surface area contributed by atoms with Crippen LogP contribution >= 0.6 is 0 Å². The first-order chi connectivity index (χ1) is 10.6. The highest BCUT2D eigenvalue weighted by molar-refractivity contribution is 5.94. The van der Waals surface area contributed by atoms with E-state index in [1.54, 1.807) is 23.1 Å². The number of carbonyl (C=O) groups is 1. The van der Waals surface area contributed by atoms with E-state index in [1.165, 1.54) is 24.4 Å². The minimum absolute atomic E-state index is 0.165. The molecule has 1 aliphatic heterocycles. The number of hydrogen-bond acceptors (Lipinski definition) is 3. The van der Waals surface area contributed by atoms with E-state index in [1.807, 2.05) is 0 Å². The maximum Gasteiger partial charge on any atom is 0.260 e.